The van der Waals surface area contributed by atoms with E-state index < -0.39 is 0 Å². The summed E-state index contributed by atoms with van der Waals surface area (Å²) in [5.74, 6) is 1.58. The first-order valence-corrected chi connectivity index (χ1v) is 7.01. The summed E-state index contributed by atoms with van der Waals surface area (Å²) in [5, 5.41) is 0. The molecule has 0 unspecified atom stereocenters. The highest BCUT2D eigenvalue weighted by molar-refractivity contribution is 5.79. The van der Waals surface area contributed by atoms with Crippen LogP contribution in [0.4, 0.5) is 0 Å². The van der Waals surface area contributed by atoms with Crippen molar-refractivity contribution >= 4 is 23.3 Å². The van der Waals surface area contributed by atoms with E-state index >= 15 is 0 Å². The lowest BCUT2D eigenvalue weighted by atomic mass is 10.2. The molecule has 4 heteroatoms. The van der Waals surface area contributed by atoms with Gasteiger partial charge in [-0.1, -0.05) is 36.4 Å². The Balaban J connectivity index is 1.67. The van der Waals surface area contributed by atoms with Crippen LogP contribution in [-0.4, -0.2) is 15.0 Å². The largest absolute Gasteiger partial charge is 0.464 e. The van der Waals surface area contributed by atoms with Gasteiger partial charge in [0.25, 0.3) is 0 Å². The molecule has 4 aromatic rings. The minimum atomic E-state index is 0.697. The van der Waals surface area contributed by atoms with Crippen molar-refractivity contribution in [2.45, 2.75) is 0 Å². The fourth-order valence-electron chi connectivity index (χ4n) is 2.31. The number of hydrogen-bond acceptors (Lipinski definition) is 3. The van der Waals surface area contributed by atoms with Crippen LogP contribution < -0.4 is 0 Å². The van der Waals surface area contributed by atoms with E-state index in [0.717, 1.165) is 28.2 Å². The van der Waals surface area contributed by atoms with E-state index in [2.05, 4.69) is 15.0 Å². The summed E-state index contributed by atoms with van der Waals surface area (Å²) in [5.41, 5.74) is 3.65. The average Bonchev–Trinajstić information content (AvgIpc) is 3.22. The molecule has 22 heavy (non-hydrogen) atoms. The van der Waals surface area contributed by atoms with Crippen molar-refractivity contribution in [3.63, 3.8) is 0 Å². The third-order valence-corrected chi connectivity index (χ3v) is 3.39. The van der Waals surface area contributed by atoms with Gasteiger partial charge in [0.05, 0.1) is 11.8 Å². The smallest absolute Gasteiger partial charge is 0.178 e. The number of fused-ring (bicyclic) bond motifs is 1. The highest BCUT2D eigenvalue weighted by atomic mass is 16.3. The molecule has 3 aromatic heterocycles. The average molecular weight is 287 g/mol. The van der Waals surface area contributed by atoms with Gasteiger partial charge in [-0.3, -0.25) is 0 Å². The van der Waals surface area contributed by atoms with Crippen molar-refractivity contribution in [2.24, 2.45) is 0 Å². The Bertz CT molecular complexity index is 922. The molecule has 0 saturated carbocycles. The quantitative estimate of drug-likeness (QED) is 0.608. The van der Waals surface area contributed by atoms with Crippen molar-refractivity contribution in [1.82, 2.24) is 15.0 Å². The molecular formula is C18H13N3O. The molecule has 1 aromatic carbocycles. The van der Waals surface area contributed by atoms with E-state index in [-0.39, 0.29) is 0 Å². The summed E-state index contributed by atoms with van der Waals surface area (Å²) in [6.45, 7) is 0. The van der Waals surface area contributed by atoms with Gasteiger partial charge < -0.3 is 9.40 Å². The van der Waals surface area contributed by atoms with E-state index in [4.69, 9.17) is 4.42 Å². The van der Waals surface area contributed by atoms with Gasteiger partial charge in [-0.25, -0.2) is 9.97 Å². The van der Waals surface area contributed by atoms with Gasteiger partial charge in [0.1, 0.15) is 11.6 Å². The molecule has 0 radical (unpaired) electrons. The molecule has 0 aliphatic carbocycles. The number of H-pyrrole nitrogens is 1. The number of furan rings is 1. The number of nitrogens with one attached hydrogen (secondary N) is 1. The second kappa shape index (κ2) is 5.33. The lowest BCUT2D eigenvalue weighted by Gasteiger charge is -1.94. The van der Waals surface area contributed by atoms with Gasteiger partial charge in [-0.2, -0.15) is 0 Å². The third-order valence-electron chi connectivity index (χ3n) is 3.39. The summed E-state index contributed by atoms with van der Waals surface area (Å²) in [7, 11) is 0. The van der Waals surface area contributed by atoms with E-state index in [9.17, 15) is 0 Å². The highest BCUT2D eigenvalue weighted by Gasteiger charge is 2.06. The Morgan fingerprint density at radius 2 is 1.91 bits per heavy atom. The van der Waals surface area contributed by atoms with Gasteiger partial charge >= 0.3 is 0 Å². The molecule has 0 fully saturated rings. The number of rotatable bonds is 3. The topological polar surface area (TPSA) is 54.7 Å². The summed E-state index contributed by atoms with van der Waals surface area (Å²) in [6.07, 6.45) is 7.39. The second-order valence-electron chi connectivity index (χ2n) is 4.94. The number of aromatic nitrogens is 3. The van der Waals surface area contributed by atoms with Crippen LogP contribution in [0, 0.1) is 0 Å². The van der Waals surface area contributed by atoms with Crippen molar-refractivity contribution in [3.05, 3.63) is 72.4 Å². The van der Waals surface area contributed by atoms with E-state index in [1.54, 1.807) is 12.5 Å². The summed E-state index contributed by atoms with van der Waals surface area (Å²) in [4.78, 5) is 12.1. The number of pyridine rings is 1. The predicted molar refractivity (Wildman–Crippen MR) is 87.0 cm³/mol. The second-order valence-corrected chi connectivity index (χ2v) is 4.94. The Kier molecular flexibility index (Phi) is 3.05. The molecule has 0 bridgehead atoms. The van der Waals surface area contributed by atoms with Crippen LogP contribution in [0.15, 0.2) is 65.4 Å². The van der Waals surface area contributed by atoms with Gasteiger partial charge in [0.2, 0.25) is 0 Å². The molecule has 0 aliphatic heterocycles. The maximum absolute atomic E-state index is 5.39. The zero-order chi connectivity index (χ0) is 14.8. The predicted octanol–water partition coefficient (Wildman–Crippen LogP) is 4.39. The van der Waals surface area contributed by atoms with Gasteiger partial charge in [-0.05, 0) is 29.8 Å². The van der Waals surface area contributed by atoms with Crippen molar-refractivity contribution in [1.29, 1.82) is 0 Å². The first-order chi connectivity index (χ1) is 10.9. The van der Waals surface area contributed by atoms with Crippen LogP contribution in [0.5, 0.6) is 0 Å². The standard InChI is InChI=1S/C18H13N3O/c1-2-5-13(6-3-1)8-9-17-20-15-11-14(12-19-18(15)21-17)16-7-4-10-22-16/h1-12H,(H,19,20,21). The van der Waals surface area contributed by atoms with Crippen LogP contribution in [0.3, 0.4) is 0 Å². The summed E-state index contributed by atoms with van der Waals surface area (Å²) >= 11 is 0. The van der Waals surface area contributed by atoms with Gasteiger partial charge in [-0.15, -0.1) is 0 Å². The molecule has 106 valence electrons. The first-order valence-electron chi connectivity index (χ1n) is 7.01. The van der Waals surface area contributed by atoms with Crippen molar-refractivity contribution in [3.8, 4) is 11.3 Å². The molecule has 1 N–H and O–H groups in total. The van der Waals surface area contributed by atoms with E-state index in [1.807, 2.05) is 60.7 Å². The van der Waals surface area contributed by atoms with E-state index in [0.29, 0.717) is 5.65 Å². The first kappa shape index (κ1) is 12.6. The normalized spacial score (nSPS) is 11.5. The van der Waals surface area contributed by atoms with E-state index in [1.165, 1.54) is 0 Å². The number of imidazole rings is 1. The van der Waals surface area contributed by atoms with Gasteiger partial charge in [0.15, 0.2) is 5.65 Å². The van der Waals surface area contributed by atoms with Crippen LogP contribution in [0.1, 0.15) is 11.4 Å². The molecule has 0 saturated heterocycles. The Morgan fingerprint density at radius 1 is 1.00 bits per heavy atom. The Morgan fingerprint density at radius 3 is 2.73 bits per heavy atom. The van der Waals surface area contributed by atoms with Crippen LogP contribution in [0.2, 0.25) is 0 Å². The number of aromatic amines is 1. The molecule has 4 rings (SSSR count). The molecule has 3 heterocycles. The zero-order valence-electron chi connectivity index (χ0n) is 11.7. The number of benzene rings is 1. The van der Waals surface area contributed by atoms with Crippen molar-refractivity contribution in [2.75, 3.05) is 0 Å². The maximum atomic E-state index is 5.39. The number of hydrogen-bond donors (Lipinski definition) is 1. The lowest BCUT2D eigenvalue weighted by Crippen LogP contribution is -1.79. The molecule has 0 atom stereocenters. The highest BCUT2D eigenvalue weighted by Crippen LogP contribution is 2.22. The van der Waals surface area contributed by atoms with Gasteiger partial charge in [0, 0.05) is 11.8 Å². The minimum absolute atomic E-state index is 0.697. The molecule has 0 aliphatic rings. The summed E-state index contributed by atoms with van der Waals surface area (Å²) in [6, 6.07) is 15.9. The molecule has 4 nitrogen and oxygen atoms in total. The third kappa shape index (κ3) is 2.42. The molecular weight excluding hydrogens is 274 g/mol. The zero-order valence-corrected chi connectivity index (χ0v) is 11.7. The number of nitrogens with zero attached hydrogens (tertiary/aromatic N) is 2. The van der Waals surface area contributed by atoms with Crippen LogP contribution >= 0.6 is 0 Å². The summed E-state index contributed by atoms with van der Waals surface area (Å²) < 4.78 is 5.39. The Labute approximate surface area is 127 Å². The molecule has 0 spiro atoms. The fourth-order valence-corrected chi connectivity index (χ4v) is 2.31. The maximum Gasteiger partial charge on any atom is 0.178 e. The Hall–Kier alpha value is -3.14. The van der Waals surface area contributed by atoms with Crippen LogP contribution in [0.25, 0.3) is 34.6 Å². The molecule has 0 amide bonds. The van der Waals surface area contributed by atoms with Crippen molar-refractivity contribution < 1.29 is 4.42 Å². The lowest BCUT2D eigenvalue weighted by molar-refractivity contribution is 0.582. The minimum Gasteiger partial charge on any atom is -0.464 e. The van der Waals surface area contributed by atoms with Crippen LogP contribution in [-0.2, 0) is 0 Å². The fraction of sp³-hybridized carbons (Fsp3) is 0. The SMILES string of the molecule is C(=Cc1nc2ncc(-c3ccco3)cc2[nH]1)c1ccccc1. The monoisotopic (exact) mass is 287 g/mol.